The first-order valence-electron chi connectivity index (χ1n) is 4.93. The summed E-state index contributed by atoms with van der Waals surface area (Å²) in [5.74, 6) is 0. The highest BCUT2D eigenvalue weighted by molar-refractivity contribution is 7.24. The molecule has 3 aromatic rings. The van der Waals surface area contributed by atoms with E-state index in [1.165, 1.54) is 0 Å². The van der Waals surface area contributed by atoms with Crippen LogP contribution in [0.1, 0.15) is 0 Å². The van der Waals surface area contributed by atoms with Crippen molar-refractivity contribution in [3.05, 3.63) is 58.5 Å². The van der Waals surface area contributed by atoms with E-state index in [1.54, 1.807) is 11.3 Å². The van der Waals surface area contributed by atoms with Gasteiger partial charge in [-0.1, -0.05) is 24.3 Å². The van der Waals surface area contributed by atoms with E-state index in [0.29, 0.717) is 5.43 Å². The molecule has 3 rings (SSSR count). The molecule has 0 fully saturated rings. The first kappa shape index (κ1) is 9.36. The third kappa shape index (κ3) is 1.29. The molecule has 0 aliphatic heterocycles. The summed E-state index contributed by atoms with van der Waals surface area (Å²) < 4.78 is 6.42. The maximum atomic E-state index is 10.9. The minimum absolute atomic E-state index is 0.421. The third-order valence-corrected chi connectivity index (χ3v) is 3.72. The van der Waals surface area contributed by atoms with Crippen molar-refractivity contribution in [2.75, 3.05) is 0 Å². The summed E-state index contributed by atoms with van der Waals surface area (Å²) >= 11 is 1.66. The van der Waals surface area contributed by atoms with Gasteiger partial charge in [-0.3, -0.25) is 0 Å². The van der Waals surface area contributed by atoms with E-state index in [-0.39, 0.29) is 0 Å². The smallest absolute Gasteiger partial charge is 0.393 e. The summed E-state index contributed by atoms with van der Waals surface area (Å²) in [4.78, 5) is 0. The average molecular weight is 228 g/mol. The molecule has 0 aliphatic carbocycles. The molecule has 0 saturated heterocycles. The minimum atomic E-state index is 0.421. The van der Waals surface area contributed by atoms with E-state index in [1.807, 2.05) is 48.5 Å². The van der Waals surface area contributed by atoms with Crippen LogP contribution in [0.3, 0.4) is 0 Å². The van der Waals surface area contributed by atoms with Crippen LogP contribution in [0.5, 0.6) is 0 Å². The molecule has 0 amide bonds. The highest BCUT2D eigenvalue weighted by atomic mass is 32.1. The fourth-order valence-electron chi connectivity index (χ4n) is 1.84. The van der Waals surface area contributed by atoms with Gasteiger partial charge in [0.1, 0.15) is 10.8 Å². The Hall–Kier alpha value is -1.87. The van der Waals surface area contributed by atoms with Crippen LogP contribution in [0.25, 0.3) is 20.2 Å². The number of hydrogen-bond acceptors (Lipinski definition) is 2. The zero-order valence-electron chi connectivity index (χ0n) is 8.34. The normalized spacial score (nSPS) is 10.8. The van der Waals surface area contributed by atoms with E-state index in [0.717, 1.165) is 20.2 Å². The Bertz CT molecular complexity index is 671. The molecule has 1 aromatic heterocycles. The Morgan fingerprint density at radius 2 is 1.31 bits per heavy atom. The highest BCUT2D eigenvalue weighted by Crippen LogP contribution is 2.23. The summed E-state index contributed by atoms with van der Waals surface area (Å²) in [5, 5.41) is 12.6. The second kappa shape index (κ2) is 3.61. The predicted molar refractivity (Wildman–Crippen MR) is 65.6 cm³/mol. The summed E-state index contributed by atoms with van der Waals surface area (Å²) in [6, 6.07) is 15.5. The van der Waals surface area contributed by atoms with Gasteiger partial charge in [-0.25, -0.2) is 0 Å². The molecule has 0 saturated carbocycles. The van der Waals surface area contributed by atoms with E-state index < -0.39 is 0 Å². The Morgan fingerprint density at radius 3 is 1.81 bits per heavy atom. The lowest BCUT2D eigenvalue weighted by molar-refractivity contribution is -0.305. The molecule has 3 heteroatoms. The Labute approximate surface area is 95.6 Å². The lowest BCUT2D eigenvalue weighted by Gasteiger charge is -1.96. The first-order chi connectivity index (χ1) is 7.90. The van der Waals surface area contributed by atoms with Crippen LogP contribution in [0, 0.1) is 0 Å². The van der Waals surface area contributed by atoms with Crippen molar-refractivity contribution in [1.82, 2.24) is 0 Å². The van der Waals surface area contributed by atoms with Crippen molar-refractivity contribution < 1.29 is 5.26 Å². The summed E-state index contributed by atoms with van der Waals surface area (Å²) in [6.07, 6.45) is 0. The number of benzene rings is 2. The first-order valence-corrected chi connectivity index (χ1v) is 5.75. The number of fused-ring (bicyclic) bond motifs is 2. The summed E-state index contributed by atoms with van der Waals surface area (Å²) in [6.45, 7) is 0. The number of hydrogen-bond donors (Lipinski definition) is 0. The van der Waals surface area contributed by atoms with Gasteiger partial charge in [0.05, 0.1) is 0 Å². The minimum Gasteiger partial charge on any atom is -0.462 e. The van der Waals surface area contributed by atoms with Gasteiger partial charge in [-0.2, -0.15) is 4.58 Å². The van der Waals surface area contributed by atoms with Crippen molar-refractivity contribution in [2.45, 2.75) is 0 Å². The fourth-order valence-corrected chi connectivity index (χ4v) is 2.91. The molecule has 0 unspecified atom stereocenters. The summed E-state index contributed by atoms with van der Waals surface area (Å²) in [7, 11) is 0. The lowest BCUT2D eigenvalue weighted by atomic mass is 10.2. The molecular formula is C13H8O2S. The van der Waals surface area contributed by atoms with E-state index in [9.17, 15) is 5.26 Å². The van der Waals surface area contributed by atoms with Gasteiger partial charge in [-0.05, 0) is 24.3 Å². The van der Waals surface area contributed by atoms with Gasteiger partial charge in [0.25, 0.3) is 0 Å². The molecule has 0 N–H and O–H groups in total. The molecule has 16 heavy (non-hydrogen) atoms. The van der Waals surface area contributed by atoms with Crippen molar-refractivity contribution >= 4 is 31.5 Å². The van der Waals surface area contributed by atoms with Crippen molar-refractivity contribution in [1.29, 1.82) is 0 Å². The van der Waals surface area contributed by atoms with Crippen LogP contribution in [0.2, 0.25) is 0 Å². The SMILES string of the molecule is [O-][O+]=c1c2ccccc2sc2ccccc12. The Balaban J connectivity index is 2.68. The quantitative estimate of drug-likeness (QED) is 0.251. The Morgan fingerprint density at radius 1 is 0.812 bits per heavy atom. The van der Waals surface area contributed by atoms with E-state index in [4.69, 9.17) is 0 Å². The zero-order valence-corrected chi connectivity index (χ0v) is 9.16. The fraction of sp³-hybridized carbons (Fsp3) is 0. The molecule has 0 spiro atoms. The second-order valence-corrected chi connectivity index (χ2v) is 4.59. The standard InChI is InChI=1S/C13H8O2S/c14-15-13-9-5-1-3-7-11(9)16-12-8-4-2-6-10(12)13/h1-8H. The molecule has 2 aromatic carbocycles. The maximum absolute atomic E-state index is 10.9. The van der Waals surface area contributed by atoms with Crippen molar-refractivity contribution in [3.63, 3.8) is 0 Å². The molecule has 0 atom stereocenters. The predicted octanol–water partition coefficient (Wildman–Crippen LogP) is 2.23. The van der Waals surface area contributed by atoms with Crippen LogP contribution in [0.15, 0.2) is 53.1 Å². The van der Waals surface area contributed by atoms with E-state index >= 15 is 0 Å². The van der Waals surface area contributed by atoms with Gasteiger partial charge in [0, 0.05) is 9.40 Å². The number of rotatable bonds is 0. The molecule has 78 valence electrons. The van der Waals surface area contributed by atoms with Gasteiger partial charge < -0.3 is 5.26 Å². The van der Waals surface area contributed by atoms with Gasteiger partial charge in [0.15, 0.2) is 0 Å². The van der Waals surface area contributed by atoms with Crippen molar-refractivity contribution in [2.24, 2.45) is 0 Å². The van der Waals surface area contributed by atoms with Crippen LogP contribution >= 0.6 is 11.3 Å². The average Bonchev–Trinajstić information content (AvgIpc) is 2.36. The molecule has 0 bridgehead atoms. The largest absolute Gasteiger partial charge is 0.462 e. The molecular weight excluding hydrogens is 220 g/mol. The van der Waals surface area contributed by atoms with Gasteiger partial charge >= 0.3 is 5.43 Å². The summed E-state index contributed by atoms with van der Waals surface area (Å²) in [5.41, 5.74) is 0.421. The van der Waals surface area contributed by atoms with Gasteiger partial charge in [0.2, 0.25) is 0 Å². The van der Waals surface area contributed by atoms with Crippen LogP contribution < -0.4 is 10.7 Å². The van der Waals surface area contributed by atoms with Crippen LogP contribution in [-0.4, -0.2) is 0 Å². The second-order valence-electron chi connectivity index (χ2n) is 3.51. The van der Waals surface area contributed by atoms with E-state index in [2.05, 4.69) is 4.58 Å². The maximum Gasteiger partial charge on any atom is 0.393 e. The zero-order chi connectivity index (χ0) is 11.0. The molecule has 2 nitrogen and oxygen atoms in total. The third-order valence-electron chi connectivity index (χ3n) is 2.57. The van der Waals surface area contributed by atoms with Crippen molar-refractivity contribution in [3.8, 4) is 0 Å². The van der Waals surface area contributed by atoms with Gasteiger partial charge in [-0.15, -0.1) is 11.3 Å². The monoisotopic (exact) mass is 228 g/mol. The topological polar surface area (TPSA) is 34.4 Å². The molecule has 0 aliphatic rings. The molecule has 0 radical (unpaired) electrons. The van der Waals surface area contributed by atoms with Crippen LogP contribution in [0.4, 0.5) is 0 Å². The highest BCUT2D eigenvalue weighted by Gasteiger charge is 2.10. The van der Waals surface area contributed by atoms with Crippen LogP contribution in [-0.2, 0) is 0 Å². The Kier molecular flexibility index (Phi) is 2.11. The molecule has 1 heterocycles. The lowest BCUT2D eigenvalue weighted by Crippen LogP contribution is -2.09.